The summed E-state index contributed by atoms with van der Waals surface area (Å²) in [5.41, 5.74) is -0.170. The lowest BCUT2D eigenvalue weighted by Gasteiger charge is -2.33. The van der Waals surface area contributed by atoms with Crippen LogP contribution in [0.15, 0.2) is 29.4 Å². The second-order valence-corrected chi connectivity index (χ2v) is 5.83. The van der Waals surface area contributed by atoms with Crippen molar-refractivity contribution >= 4 is 11.8 Å². The first kappa shape index (κ1) is 15.5. The number of methoxy groups -OCH3 is 1. The zero-order valence-electron chi connectivity index (χ0n) is 11.8. The molecule has 0 bridgehead atoms. The predicted octanol–water partition coefficient (Wildman–Crippen LogP) is 2.97. The predicted molar refractivity (Wildman–Crippen MR) is 78.1 cm³/mol. The molecule has 1 unspecified atom stereocenters. The van der Waals surface area contributed by atoms with Crippen molar-refractivity contribution in [3.8, 4) is 0 Å². The van der Waals surface area contributed by atoms with Crippen LogP contribution in [0.2, 0.25) is 0 Å². The van der Waals surface area contributed by atoms with Crippen LogP contribution in [0.1, 0.15) is 27.2 Å². The molecule has 0 aliphatic rings. The summed E-state index contributed by atoms with van der Waals surface area (Å²) in [6.45, 7) is 7.44. The maximum absolute atomic E-state index is 5.59. The second-order valence-electron chi connectivity index (χ2n) is 4.79. The molecule has 0 fully saturated rings. The van der Waals surface area contributed by atoms with Crippen LogP contribution < -0.4 is 5.32 Å². The van der Waals surface area contributed by atoms with Crippen molar-refractivity contribution in [3.63, 3.8) is 0 Å². The molecule has 0 aliphatic heterocycles. The van der Waals surface area contributed by atoms with E-state index in [-0.39, 0.29) is 5.60 Å². The normalized spacial score (nSPS) is 13.6. The number of aromatic nitrogens is 1. The van der Waals surface area contributed by atoms with Crippen molar-refractivity contribution in [3.05, 3.63) is 24.4 Å². The molecule has 3 nitrogen and oxygen atoms in total. The number of nitrogens with one attached hydrogen (secondary N) is 1. The number of hydrogen-bond acceptors (Lipinski definition) is 4. The van der Waals surface area contributed by atoms with E-state index >= 15 is 0 Å². The third kappa shape index (κ3) is 4.96. The van der Waals surface area contributed by atoms with Gasteiger partial charge in [-0.1, -0.05) is 13.0 Å². The highest BCUT2D eigenvalue weighted by Crippen LogP contribution is 2.22. The van der Waals surface area contributed by atoms with Crippen LogP contribution >= 0.6 is 11.8 Å². The number of pyridine rings is 1. The SMILES string of the molecule is CCCNC(CSc1ccccn1)C(C)(C)OC. The van der Waals surface area contributed by atoms with Crippen LogP contribution in [0, 0.1) is 0 Å². The van der Waals surface area contributed by atoms with Gasteiger partial charge in [-0.25, -0.2) is 4.98 Å². The molecule has 0 spiro atoms. The Balaban J connectivity index is 2.56. The van der Waals surface area contributed by atoms with Gasteiger partial charge in [-0.15, -0.1) is 11.8 Å². The monoisotopic (exact) mass is 268 g/mol. The first-order chi connectivity index (χ1) is 8.60. The minimum Gasteiger partial charge on any atom is -0.377 e. The molecule has 4 heteroatoms. The molecule has 1 atom stereocenters. The first-order valence-corrected chi connectivity index (χ1v) is 7.41. The van der Waals surface area contributed by atoms with E-state index in [2.05, 4.69) is 31.1 Å². The van der Waals surface area contributed by atoms with Gasteiger partial charge in [0.15, 0.2) is 0 Å². The van der Waals surface area contributed by atoms with Gasteiger partial charge >= 0.3 is 0 Å². The standard InChI is InChI=1S/C14H24N2OS/c1-5-9-15-12(14(2,3)17-4)11-18-13-8-6-7-10-16-13/h6-8,10,12,15H,5,9,11H2,1-4H3. The lowest BCUT2D eigenvalue weighted by molar-refractivity contribution is -0.00345. The summed E-state index contributed by atoms with van der Waals surface area (Å²) in [6.07, 6.45) is 2.96. The van der Waals surface area contributed by atoms with E-state index in [0.29, 0.717) is 6.04 Å². The number of thioether (sulfide) groups is 1. The van der Waals surface area contributed by atoms with Crippen molar-refractivity contribution in [2.24, 2.45) is 0 Å². The highest BCUT2D eigenvalue weighted by molar-refractivity contribution is 7.99. The average molecular weight is 268 g/mol. The Bertz CT molecular complexity index is 330. The van der Waals surface area contributed by atoms with Crippen LogP contribution in [0.4, 0.5) is 0 Å². The molecular weight excluding hydrogens is 244 g/mol. The number of ether oxygens (including phenoxy) is 1. The second kappa shape index (κ2) is 7.77. The van der Waals surface area contributed by atoms with Crippen LogP contribution in [-0.2, 0) is 4.74 Å². The Morgan fingerprint density at radius 2 is 2.22 bits per heavy atom. The van der Waals surface area contributed by atoms with Gasteiger partial charge in [0.2, 0.25) is 0 Å². The Kier molecular flexibility index (Phi) is 6.68. The molecule has 1 N–H and O–H groups in total. The zero-order chi connectivity index (χ0) is 13.4. The third-order valence-electron chi connectivity index (χ3n) is 3.04. The van der Waals surface area contributed by atoms with E-state index in [4.69, 9.17) is 4.74 Å². The average Bonchev–Trinajstić information content (AvgIpc) is 2.39. The molecule has 0 radical (unpaired) electrons. The summed E-state index contributed by atoms with van der Waals surface area (Å²) in [4.78, 5) is 4.33. The van der Waals surface area contributed by atoms with Gasteiger partial charge < -0.3 is 10.1 Å². The zero-order valence-corrected chi connectivity index (χ0v) is 12.6. The quantitative estimate of drug-likeness (QED) is 0.735. The van der Waals surface area contributed by atoms with Gasteiger partial charge in [0.25, 0.3) is 0 Å². The fraction of sp³-hybridized carbons (Fsp3) is 0.643. The largest absolute Gasteiger partial charge is 0.377 e. The number of nitrogens with zero attached hydrogens (tertiary/aromatic N) is 1. The maximum Gasteiger partial charge on any atom is 0.0960 e. The van der Waals surface area contributed by atoms with Crippen LogP contribution in [0.3, 0.4) is 0 Å². The molecule has 0 amide bonds. The Labute approximate surface area is 115 Å². The van der Waals surface area contributed by atoms with Crippen molar-refractivity contribution in [1.29, 1.82) is 0 Å². The molecule has 18 heavy (non-hydrogen) atoms. The maximum atomic E-state index is 5.59. The third-order valence-corrected chi connectivity index (χ3v) is 4.08. The van der Waals surface area contributed by atoms with Crippen molar-refractivity contribution in [2.75, 3.05) is 19.4 Å². The lowest BCUT2D eigenvalue weighted by atomic mass is 10.0. The highest BCUT2D eigenvalue weighted by Gasteiger charge is 2.28. The van der Waals surface area contributed by atoms with Gasteiger partial charge in [-0.05, 0) is 38.9 Å². The molecule has 1 aromatic heterocycles. The van der Waals surface area contributed by atoms with Gasteiger partial charge in [0.1, 0.15) is 0 Å². The molecule has 0 saturated carbocycles. The summed E-state index contributed by atoms with van der Waals surface area (Å²) in [5, 5.41) is 4.62. The minimum absolute atomic E-state index is 0.170. The molecule has 1 heterocycles. The van der Waals surface area contributed by atoms with E-state index in [9.17, 15) is 0 Å². The topological polar surface area (TPSA) is 34.2 Å². The van der Waals surface area contributed by atoms with Crippen molar-refractivity contribution in [1.82, 2.24) is 10.3 Å². The Morgan fingerprint density at radius 1 is 1.44 bits per heavy atom. The van der Waals surface area contributed by atoms with Crippen molar-refractivity contribution < 1.29 is 4.74 Å². The molecule has 102 valence electrons. The molecule has 1 rings (SSSR count). The van der Waals surface area contributed by atoms with E-state index in [1.165, 1.54) is 0 Å². The van der Waals surface area contributed by atoms with Gasteiger partial charge in [-0.2, -0.15) is 0 Å². The van der Waals surface area contributed by atoms with Crippen LogP contribution in [-0.4, -0.2) is 36.0 Å². The lowest BCUT2D eigenvalue weighted by Crippen LogP contribution is -2.50. The summed E-state index contributed by atoms with van der Waals surface area (Å²) in [5.74, 6) is 0.956. The van der Waals surface area contributed by atoms with E-state index in [0.717, 1.165) is 23.7 Å². The van der Waals surface area contributed by atoms with Crippen molar-refractivity contribution in [2.45, 2.75) is 43.9 Å². The molecule has 1 aromatic rings. The van der Waals surface area contributed by atoms with E-state index < -0.39 is 0 Å². The van der Waals surface area contributed by atoms with Gasteiger partial charge in [-0.3, -0.25) is 0 Å². The first-order valence-electron chi connectivity index (χ1n) is 6.42. The minimum atomic E-state index is -0.170. The Hall–Kier alpha value is -0.580. The molecule has 0 saturated heterocycles. The summed E-state index contributed by atoms with van der Waals surface area (Å²) < 4.78 is 5.59. The fourth-order valence-electron chi connectivity index (χ4n) is 1.57. The highest BCUT2D eigenvalue weighted by atomic mass is 32.2. The fourth-order valence-corrected chi connectivity index (χ4v) is 2.73. The molecule has 0 aliphatic carbocycles. The van der Waals surface area contributed by atoms with E-state index in [1.807, 2.05) is 24.4 Å². The number of rotatable bonds is 8. The Morgan fingerprint density at radius 3 is 2.78 bits per heavy atom. The molecule has 0 aromatic carbocycles. The van der Waals surface area contributed by atoms with Gasteiger partial charge in [0, 0.05) is 25.1 Å². The smallest absolute Gasteiger partial charge is 0.0960 e. The summed E-state index contributed by atoms with van der Waals surface area (Å²) in [7, 11) is 1.77. The van der Waals surface area contributed by atoms with Crippen LogP contribution in [0.5, 0.6) is 0 Å². The number of hydrogen-bond donors (Lipinski definition) is 1. The van der Waals surface area contributed by atoms with E-state index in [1.54, 1.807) is 18.9 Å². The van der Waals surface area contributed by atoms with Gasteiger partial charge in [0.05, 0.1) is 10.6 Å². The summed E-state index contributed by atoms with van der Waals surface area (Å²) >= 11 is 1.77. The molecular formula is C14H24N2OS. The summed E-state index contributed by atoms with van der Waals surface area (Å²) in [6, 6.07) is 6.32. The van der Waals surface area contributed by atoms with Crippen LogP contribution in [0.25, 0.3) is 0 Å².